The van der Waals surface area contributed by atoms with Crippen molar-refractivity contribution in [3.05, 3.63) is 194 Å². The van der Waals surface area contributed by atoms with Crippen molar-refractivity contribution in [1.82, 2.24) is 19.9 Å². The summed E-state index contributed by atoms with van der Waals surface area (Å²) in [6.07, 6.45) is 3.63. The molecule has 0 saturated heterocycles. The predicted octanol–water partition coefficient (Wildman–Crippen LogP) is 8.26. The molecule has 4 heterocycles. The molecule has 52 heavy (non-hydrogen) atoms. The minimum Gasteiger partial charge on any atom is -0.255 e. The summed E-state index contributed by atoms with van der Waals surface area (Å²) in [5.41, 5.74) is 8.41. The van der Waals surface area contributed by atoms with Gasteiger partial charge in [0, 0.05) is 23.2 Å². The number of hydrogen-bond acceptors (Lipinski definition) is 4. The first-order chi connectivity index (χ1) is 25.7. The van der Waals surface area contributed by atoms with Gasteiger partial charge in [0.15, 0.2) is 8.07 Å². The third-order valence-electron chi connectivity index (χ3n) is 9.96. The van der Waals surface area contributed by atoms with Crippen LogP contribution in [0.3, 0.4) is 0 Å². The SMILES string of the molecule is Cc1cccc([Si](c2ccccc2)(c2ccccc2)c2cccc(-c3cc(-c4ccccn4)nc4c3ccc3ccc(-c5ccccn5)nc34)c2)c1. The molecule has 9 aromatic rings. The zero-order valence-electron chi connectivity index (χ0n) is 28.7. The monoisotopic (exact) mass is 682 g/mol. The second-order valence-corrected chi connectivity index (χ2v) is 17.0. The maximum atomic E-state index is 5.28. The van der Waals surface area contributed by atoms with E-state index in [1.54, 1.807) is 6.20 Å². The van der Waals surface area contributed by atoms with E-state index in [2.05, 4.69) is 145 Å². The molecule has 0 aliphatic carbocycles. The lowest BCUT2D eigenvalue weighted by Crippen LogP contribution is -2.74. The van der Waals surface area contributed by atoms with Crippen molar-refractivity contribution in [2.45, 2.75) is 6.92 Å². The van der Waals surface area contributed by atoms with E-state index in [0.29, 0.717) is 0 Å². The summed E-state index contributed by atoms with van der Waals surface area (Å²) in [5.74, 6) is 0. The first kappa shape index (κ1) is 31.4. The second-order valence-electron chi connectivity index (χ2n) is 13.1. The van der Waals surface area contributed by atoms with E-state index in [1.807, 2.05) is 48.7 Å². The second kappa shape index (κ2) is 13.3. The van der Waals surface area contributed by atoms with Gasteiger partial charge in [0.25, 0.3) is 0 Å². The van der Waals surface area contributed by atoms with Crippen LogP contribution in [-0.2, 0) is 0 Å². The maximum Gasteiger partial charge on any atom is 0.179 e. The van der Waals surface area contributed by atoms with Crippen molar-refractivity contribution in [2.75, 3.05) is 0 Å². The number of pyridine rings is 4. The van der Waals surface area contributed by atoms with Gasteiger partial charge in [-0.15, -0.1) is 0 Å². The maximum absolute atomic E-state index is 5.28. The average molecular weight is 683 g/mol. The van der Waals surface area contributed by atoms with Gasteiger partial charge >= 0.3 is 0 Å². The van der Waals surface area contributed by atoms with E-state index in [0.717, 1.165) is 55.7 Å². The Hall–Kier alpha value is -6.56. The fourth-order valence-corrected chi connectivity index (χ4v) is 12.5. The predicted molar refractivity (Wildman–Crippen MR) is 217 cm³/mol. The average Bonchev–Trinajstić information content (AvgIpc) is 3.22. The first-order valence-corrected chi connectivity index (χ1v) is 19.5. The summed E-state index contributed by atoms with van der Waals surface area (Å²) in [4.78, 5) is 19.8. The van der Waals surface area contributed by atoms with E-state index in [4.69, 9.17) is 15.0 Å². The van der Waals surface area contributed by atoms with E-state index < -0.39 is 8.07 Å². The molecule has 4 aromatic heterocycles. The number of aryl methyl sites for hydroxylation is 1. The van der Waals surface area contributed by atoms with Crippen LogP contribution in [0.1, 0.15) is 5.56 Å². The minimum absolute atomic E-state index is 0.805. The summed E-state index contributed by atoms with van der Waals surface area (Å²) in [7, 11) is -2.78. The molecule has 9 rings (SSSR count). The summed E-state index contributed by atoms with van der Waals surface area (Å²) < 4.78 is 0. The Labute approximate surface area is 304 Å². The van der Waals surface area contributed by atoms with Gasteiger partial charge in [-0.3, -0.25) is 9.97 Å². The Morgan fingerprint density at radius 2 is 0.981 bits per heavy atom. The van der Waals surface area contributed by atoms with Crippen LogP contribution in [0.15, 0.2) is 188 Å². The Kier molecular flexibility index (Phi) is 8.03. The molecule has 0 bridgehead atoms. The molecular formula is C47H34N4Si. The number of benzene rings is 5. The lowest BCUT2D eigenvalue weighted by Gasteiger charge is -2.35. The van der Waals surface area contributed by atoms with Crippen LogP contribution in [0.2, 0.25) is 0 Å². The van der Waals surface area contributed by atoms with Gasteiger partial charge in [-0.25, -0.2) is 9.97 Å². The number of hydrogen-bond donors (Lipinski definition) is 0. The van der Waals surface area contributed by atoms with E-state index in [9.17, 15) is 0 Å². The fourth-order valence-electron chi connectivity index (χ4n) is 7.59. The summed E-state index contributed by atoms with van der Waals surface area (Å²) in [5, 5.41) is 7.42. The third kappa shape index (κ3) is 5.48. The van der Waals surface area contributed by atoms with Gasteiger partial charge in [-0.1, -0.05) is 145 Å². The van der Waals surface area contributed by atoms with Gasteiger partial charge in [0.05, 0.1) is 33.8 Å². The largest absolute Gasteiger partial charge is 0.255 e. The molecule has 0 spiro atoms. The van der Waals surface area contributed by atoms with Gasteiger partial charge in [0.1, 0.15) is 0 Å². The smallest absolute Gasteiger partial charge is 0.179 e. The van der Waals surface area contributed by atoms with Gasteiger partial charge in [0.2, 0.25) is 0 Å². The van der Waals surface area contributed by atoms with Gasteiger partial charge < -0.3 is 0 Å². The molecular weight excluding hydrogens is 649 g/mol. The molecule has 0 N–H and O–H groups in total. The highest BCUT2D eigenvalue weighted by molar-refractivity contribution is 7.19. The topological polar surface area (TPSA) is 51.6 Å². The van der Waals surface area contributed by atoms with Crippen LogP contribution >= 0.6 is 0 Å². The zero-order chi connectivity index (χ0) is 34.9. The van der Waals surface area contributed by atoms with Gasteiger partial charge in [-0.05, 0) is 75.2 Å². The molecule has 4 nitrogen and oxygen atoms in total. The van der Waals surface area contributed by atoms with Gasteiger partial charge in [-0.2, -0.15) is 0 Å². The summed E-state index contributed by atoms with van der Waals surface area (Å²) >= 11 is 0. The molecule has 246 valence electrons. The molecule has 0 radical (unpaired) electrons. The molecule has 5 heteroatoms. The lowest BCUT2D eigenvalue weighted by atomic mass is 9.98. The quantitative estimate of drug-likeness (QED) is 0.0966. The molecule has 5 aromatic carbocycles. The van der Waals surface area contributed by atoms with Crippen LogP contribution in [-0.4, -0.2) is 28.0 Å². The standard InChI is InChI=1S/C47H34N4Si/c1-33-14-12-20-38(30-33)52(36-16-4-2-5-17-36,37-18-6-3-7-19-37)39-21-13-15-35(31-39)41-32-45(43-23-9-11-29-49-43)51-47-40(41)26-24-34-25-27-44(50-46(34)47)42-22-8-10-28-48-42/h2-32H,1H3. The van der Waals surface area contributed by atoms with Crippen LogP contribution in [0.25, 0.3) is 55.7 Å². The normalized spacial score (nSPS) is 11.6. The van der Waals surface area contributed by atoms with Crippen LogP contribution in [0.4, 0.5) is 0 Å². The van der Waals surface area contributed by atoms with Crippen molar-refractivity contribution >= 4 is 50.6 Å². The first-order valence-electron chi connectivity index (χ1n) is 17.5. The Morgan fingerprint density at radius 1 is 0.404 bits per heavy atom. The number of rotatable bonds is 7. The van der Waals surface area contributed by atoms with Crippen molar-refractivity contribution in [2.24, 2.45) is 0 Å². The highest BCUT2D eigenvalue weighted by atomic mass is 28.3. The highest BCUT2D eigenvalue weighted by Gasteiger charge is 2.41. The van der Waals surface area contributed by atoms with E-state index >= 15 is 0 Å². The van der Waals surface area contributed by atoms with Crippen LogP contribution < -0.4 is 20.7 Å². The Morgan fingerprint density at radius 3 is 1.63 bits per heavy atom. The summed E-state index contributed by atoms with van der Waals surface area (Å²) in [6.45, 7) is 2.19. The van der Waals surface area contributed by atoms with Crippen LogP contribution in [0.5, 0.6) is 0 Å². The Bertz CT molecular complexity index is 2640. The fraction of sp³-hybridized carbons (Fsp3) is 0.0213. The van der Waals surface area contributed by atoms with E-state index in [-0.39, 0.29) is 0 Å². The molecule has 0 aliphatic heterocycles. The highest BCUT2D eigenvalue weighted by Crippen LogP contribution is 2.35. The zero-order valence-corrected chi connectivity index (χ0v) is 29.7. The summed E-state index contributed by atoms with van der Waals surface area (Å²) in [6, 6.07) is 63.0. The minimum atomic E-state index is -2.78. The third-order valence-corrected chi connectivity index (χ3v) is 14.7. The molecule has 0 unspecified atom stereocenters. The molecule has 0 aliphatic rings. The van der Waals surface area contributed by atoms with Crippen molar-refractivity contribution in [3.63, 3.8) is 0 Å². The van der Waals surface area contributed by atoms with E-state index in [1.165, 1.54) is 26.3 Å². The molecule has 0 saturated carbocycles. The number of fused-ring (bicyclic) bond motifs is 3. The van der Waals surface area contributed by atoms with Crippen LogP contribution in [0, 0.1) is 6.92 Å². The Balaban J connectivity index is 1.34. The van der Waals surface area contributed by atoms with Crippen molar-refractivity contribution in [3.8, 4) is 33.9 Å². The molecule has 0 amide bonds. The van der Waals surface area contributed by atoms with Crippen molar-refractivity contribution < 1.29 is 0 Å². The molecule has 0 atom stereocenters. The lowest BCUT2D eigenvalue weighted by molar-refractivity contribution is 1.26. The number of nitrogens with zero attached hydrogens (tertiary/aromatic N) is 4. The van der Waals surface area contributed by atoms with Crippen molar-refractivity contribution in [1.29, 1.82) is 0 Å². The number of aromatic nitrogens is 4. The molecule has 0 fully saturated rings.